The van der Waals surface area contributed by atoms with Crippen molar-refractivity contribution in [2.75, 3.05) is 18.1 Å². The lowest BCUT2D eigenvalue weighted by Crippen LogP contribution is -2.61. The summed E-state index contributed by atoms with van der Waals surface area (Å²) in [6, 6.07) is 6.55. The molecule has 0 aromatic heterocycles. The zero-order valence-corrected chi connectivity index (χ0v) is 21.5. The van der Waals surface area contributed by atoms with Gasteiger partial charge >= 0.3 is 6.09 Å². The summed E-state index contributed by atoms with van der Waals surface area (Å²) in [5.74, 6) is -1.14. The van der Waals surface area contributed by atoms with Crippen LogP contribution in [0.1, 0.15) is 78.6 Å². The molecule has 1 spiro atoms. The second-order valence-electron chi connectivity index (χ2n) is 10.9. The molecule has 2 fully saturated rings. The number of amides is 4. The van der Waals surface area contributed by atoms with Crippen LogP contribution in [0.4, 0.5) is 10.5 Å². The highest BCUT2D eigenvalue weighted by atomic mass is 16.5. The van der Waals surface area contributed by atoms with E-state index in [1.165, 1.54) is 0 Å². The van der Waals surface area contributed by atoms with Gasteiger partial charge in [0.2, 0.25) is 17.7 Å². The lowest BCUT2D eigenvalue weighted by molar-refractivity contribution is -0.156. The first-order chi connectivity index (χ1) is 17.0. The third-order valence-electron chi connectivity index (χ3n) is 7.13. The standard InChI is InChI=1S/C27H38N2O7/c1-26(2,3)23-27(15-14-21(31)29(24(27)33)25(34)35)18-22(32)28(23)19-10-12-20(13-11-19)36-17-9-7-5-4-6-8-16-30/h10-13,23,30H,4-9,14-18H2,1-3H3,(H,34,35). The molecule has 2 unspecified atom stereocenters. The molecule has 2 N–H and O–H groups in total. The van der Waals surface area contributed by atoms with E-state index in [2.05, 4.69) is 0 Å². The smallest absolute Gasteiger partial charge is 0.421 e. The predicted molar refractivity (Wildman–Crippen MR) is 134 cm³/mol. The summed E-state index contributed by atoms with van der Waals surface area (Å²) >= 11 is 0. The summed E-state index contributed by atoms with van der Waals surface area (Å²) in [6.07, 6.45) is 4.40. The number of unbranched alkanes of at least 4 members (excludes halogenated alkanes) is 5. The molecule has 2 saturated heterocycles. The molecule has 1 aromatic rings. The highest BCUT2D eigenvalue weighted by Gasteiger charge is 2.64. The molecular weight excluding hydrogens is 464 g/mol. The third kappa shape index (κ3) is 5.72. The van der Waals surface area contributed by atoms with Crippen molar-refractivity contribution in [3.63, 3.8) is 0 Å². The number of likely N-dealkylation sites (tertiary alicyclic amines) is 1. The lowest BCUT2D eigenvalue weighted by Gasteiger charge is -2.46. The van der Waals surface area contributed by atoms with Gasteiger partial charge in [-0.25, -0.2) is 4.79 Å². The van der Waals surface area contributed by atoms with Gasteiger partial charge in [0.15, 0.2) is 0 Å². The van der Waals surface area contributed by atoms with Crippen molar-refractivity contribution < 1.29 is 34.1 Å². The van der Waals surface area contributed by atoms with E-state index in [1.807, 2.05) is 20.8 Å². The fourth-order valence-electron chi connectivity index (χ4n) is 5.66. The van der Waals surface area contributed by atoms with Crippen LogP contribution in [0.2, 0.25) is 0 Å². The zero-order valence-electron chi connectivity index (χ0n) is 21.5. The summed E-state index contributed by atoms with van der Waals surface area (Å²) in [7, 11) is 0. The van der Waals surface area contributed by atoms with Crippen molar-refractivity contribution in [1.29, 1.82) is 0 Å². The molecule has 0 bridgehead atoms. The number of imide groups is 3. The second-order valence-corrected chi connectivity index (χ2v) is 10.9. The lowest BCUT2D eigenvalue weighted by atomic mass is 9.64. The number of piperidine rings is 1. The summed E-state index contributed by atoms with van der Waals surface area (Å²) in [4.78, 5) is 52.5. The topological polar surface area (TPSA) is 124 Å². The van der Waals surface area contributed by atoms with Gasteiger partial charge in [0.05, 0.1) is 18.1 Å². The Bertz CT molecular complexity index is 969. The van der Waals surface area contributed by atoms with Crippen LogP contribution >= 0.6 is 0 Å². The van der Waals surface area contributed by atoms with Gasteiger partial charge in [-0.05, 0) is 48.9 Å². The number of carboxylic acid groups (broad SMARTS) is 1. The van der Waals surface area contributed by atoms with Crippen molar-refractivity contribution in [3.8, 4) is 5.75 Å². The van der Waals surface area contributed by atoms with Crippen LogP contribution in [0.15, 0.2) is 24.3 Å². The number of rotatable bonds is 10. The average molecular weight is 503 g/mol. The van der Waals surface area contributed by atoms with E-state index in [0.717, 1.165) is 38.5 Å². The van der Waals surface area contributed by atoms with Crippen molar-refractivity contribution in [1.82, 2.24) is 4.90 Å². The average Bonchev–Trinajstić information content (AvgIpc) is 3.12. The molecule has 4 amide bonds. The highest BCUT2D eigenvalue weighted by molar-refractivity contribution is 6.15. The quantitative estimate of drug-likeness (QED) is 0.360. The van der Waals surface area contributed by atoms with Crippen molar-refractivity contribution in [3.05, 3.63) is 24.3 Å². The number of nitrogens with zero attached hydrogens (tertiary/aromatic N) is 2. The Hall–Kier alpha value is -2.94. The second kappa shape index (κ2) is 11.4. The van der Waals surface area contributed by atoms with E-state index < -0.39 is 34.8 Å². The molecule has 0 radical (unpaired) electrons. The Balaban J connectivity index is 1.73. The van der Waals surface area contributed by atoms with Crippen LogP contribution in [0.25, 0.3) is 0 Å². The molecule has 198 valence electrons. The fourth-order valence-corrected chi connectivity index (χ4v) is 5.66. The largest absolute Gasteiger partial charge is 0.494 e. The van der Waals surface area contributed by atoms with Gasteiger partial charge in [0.25, 0.3) is 0 Å². The van der Waals surface area contributed by atoms with E-state index in [1.54, 1.807) is 29.2 Å². The highest BCUT2D eigenvalue weighted by Crippen LogP contribution is 2.53. The maximum absolute atomic E-state index is 13.4. The Morgan fingerprint density at radius 1 is 1.00 bits per heavy atom. The van der Waals surface area contributed by atoms with Gasteiger partial charge in [-0.1, -0.05) is 46.5 Å². The molecule has 36 heavy (non-hydrogen) atoms. The van der Waals surface area contributed by atoms with Gasteiger partial charge in [-0.2, -0.15) is 4.90 Å². The number of ether oxygens (including phenoxy) is 1. The van der Waals surface area contributed by atoms with E-state index >= 15 is 0 Å². The van der Waals surface area contributed by atoms with Crippen LogP contribution in [0.5, 0.6) is 5.75 Å². The predicted octanol–water partition coefficient (Wildman–Crippen LogP) is 4.36. The van der Waals surface area contributed by atoms with Gasteiger partial charge in [0.1, 0.15) is 5.75 Å². The van der Waals surface area contributed by atoms with Gasteiger partial charge < -0.3 is 19.8 Å². The van der Waals surface area contributed by atoms with Gasteiger partial charge in [-0.15, -0.1) is 0 Å². The number of anilines is 1. The van der Waals surface area contributed by atoms with Gasteiger partial charge in [-0.3, -0.25) is 14.4 Å². The number of aliphatic hydroxyl groups is 1. The van der Waals surface area contributed by atoms with E-state index in [9.17, 15) is 24.3 Å². The SMILES string of the molecule is CC(C)(C)C1N(c2ccc(OCCCCCCCCO)cc2)C(=O)CC12CCC(=O)N(C(=O)O)C2=O. The number of hydrogen-bond acceptors (Lipinski definition) is 6. The molecule has 2 atom stereocenters. The number of hydrogen-bond donors (Lipinski definition) is 2. The van der Waals surface area contributed by atoms with Gasteiger partial charge in [0, 0.05) is 25.1 Å². The normalized spacial score (nSPS) is 22.6. The molecule has 1 aromatic carbocycles. The van der Waals surface area contributed by atoms with E-state index in [0.29, 0.717) is 22.9 Å². The summed E-state index contributed by atoms with van der Waals surface area (Å²) in [5, 5.41) is 18.3. The molecule has 2 aliphatic rings. The van der Waals surface area contributed by atoms with Crippen molar-refractivity contribution in [2.45, 2.75) is 84.6 Å². The van der Waals surface area contributed by atoms with Crippen LogP contribution in [0, 0.1) is 10.8 Å². The zero-order chi connectivity index (χ0) is 26.5. The molecule has 9 heteroatoms. The molecule has 3 rings (SSSR count). The number of carbonyl (C=O) groups is 4. The van der Waals surface area contributed by atoms with Crippen molar-refractivity contribution in [2.24, 2.45) is 10.8 Å². The number of benzene rings is 1. The first kappa shape index (κ1) is 27.6. The Labute approximate surface area is 212 Å². The summed E-state index contributed by atoms with van der Waals surface area (Å²) in [5.41, 5.74) is -1.23. The molecular formula is C27H38N2O7. The van der Waals surface area contributed by atoms with Crippen LogP contribution < -0.4 is 9.64 Å². The molecule has 2 heterocycles. The Morgan fingerprint density at radius 3 is 2.19 bits per heavy atom. The molecule has 0 aliphatic carbocycles. The van der Waals surface area contributed by atoms with E-state index in [-0.39, 0.29) is 31.8 Å². The minimum absolute atomic E-state index is 0.0973. The molecule has 9 nitrogen and oxygen atoms in total. The summed E-state index contributed by atoms with van der Waals surface area (Å²) < 4.78 is 5.84. The Morgan fingerprint density at radius 2 is 1.61 bits per heavy atom. The first-order valence-corrected chi connectivity index (χ1v) is 12.8. The number of carbonyl (C=O) groups excluding carboxylic acids is 3. The van der Waals surface area contributed by atoms with Crippen LogP contribution in [0.3, 0.4) is 0 Å². The monoisotopic (exact) mass is 502 g/mol. The van der Waals surface area contributed by atoms with E-state index in [4.69, 9.17) is 9.84 Å². The third-order valence-corrected chi connectivity index (χ3v) is 7.13. The number of aliphatic hydroxyl groups excluding tert-OH is 1. The van der Waals surface area contributed by atoms with Crippen molar-refractivity contribution >= 4 is 29.5 Å². The summed E-state index contributed by atoms with van der Waals surface area (Å²) in [6.45, 7) is 6.59. The van der Waals surface area contributed by atoms with Crippen LogP contribution in [-0.2, 0) is 14.4 Å². The minimum Gasteiger partial charge on any atom is -0.494 e. The maximum Gasteiger partial charge on any atom is 0.421 e. The van der Waals surface area contributed by atoms with Crippen LogP contribution in [-0.4, -0.2) is 58.2 Å². The first-order valence-electron chi connectivity index (χ1n) is 12.8. The molecule has 2 aliphatic heterocycles. The molecule has 0 saturated carbocycles. The minimum atomic E-state index is -1.60. The Kier molecular flexibility index (Phi) is 8.76. The maximum atomic E-state index is 13.4. The fraction of sp³-hybridized carbons (Fsp3) is 0.630.